The first-order chi connectivity index (χ1) is 24.1. The topological polar surface area (TPSA) is 104 Å². The van der Waals surface area contributed by atoms with E-state index in [1.807, 2.05) is 48.3 Å². The molecule has 3 fully saturated rings. The second-order valence-corrected chi connectivity index (χ2v) is 14.6. The quantitative estimate of drug-likeness (QED) is 0.0847. The first-order valence-electron chi connectivity index (χ1n) is 16.4. The number of pyridine rings is 1. The number of ether oxygens (including phenoxy) is 4. The Kier molecular flexibility index (Phi) is 11.5. The van der Waals surface area contributed by atoms with Gasteiger partial charge in [0.25, 0.3) is 0 Å². The lowest BCUT2D eigenvalue weighted by atomic mass is 9.86. The highest BCUT2D eigenvalue weighted by molar-refractivity contribution is 7.13. The number of hydrogen-bond acceptors (Lipinski definition) is 10. The molecule has 3 aliphatic rings. The molecule has 2 bridgehead atoms. The van der Waals surface area contributed by atoms with Crippen molar-refractivity contribution in [1.82, 2.24) is 9.80 Å². The molecule has 4 aromatic rings. The number of piperidine rings is 3. The Labute approximate surface area is 305 Å². The predicted octanol–water partition coefficient (Wildman–Crippen LogP) is 6.66. The number of methoxy groups -OCH3 is 2. The molecule has 2 aromatic heterocycles. The van der Waals surface area contributed by atoms with Gasteiger partial charge in [-0.15, -0.1) is 11.3 Å². The molecule has 0 N–H and O–H groups in total. The number of aromatic nitrogens is 1. The average molecular weight is 741 g/mol. The Balaban J connectivity index is 1.20. The monoisotopic (exact) mass is 739 g/mol. The molecule has 0 amide bonds. The van der Waals surface area contributed by atoms with Crippen LogP contribution in [0.4, 0.5) is 0 Å². The second-order valence-electron chi connectivity index (χ2n) is 12.6. The Morgan fingerprint density at radius 3 is 2.32 bits per heavy atom. The molecule has 0 aliphatic carbocycles. The molecule has 0 spiro atoms. The van der Waals surface area contributed by atoms with Gasteiger partial charge in [0.1, 0.15) is 33.2 Å². The SMILES string of the molecule is COc1ccc([C@H](Cc2c(Cl)c[n+]([O-])cc2Cl)OC(=O)c2ccc(CN(C)C(C(=O)O[C@H]3CN4CCC3CC4)c3ccccc3)s2)cc1OC. The lowest BCUT2D eigenvalue weighted by Crippen LogP contribution is -2.52. The van der Waals surface area contributed by atoms with Gasteiger partial charge in [0.15, 0.2) is 23.9 Å². The zero-order valence-corrected chi connectivity index (χ0v) is 30.4. The molecule has 3 aliphatic heterocycles. The van der Waals surface area contributed by atoms with E-state index in [0.717, 1.165) is 42.9 Å². The fourth-order valence-electron chi connectivity index (χ4n) is 6.75. The third-order valence-electron chi connectivity index (χ3n) is 9.39. The smallest absolute Gasteiger partial charge is 0.348 e. The predicted molar refractivity (Wildman–Crippen MR) is 191 cm³/mol. The van der Waals surface area contributed by atoms with Crippen LogP contribution in [0.2, 0.25) is 10.0 Å². The van der Waals surface area contributed by atoms with Crippen LogP contribution in [0.5, 0.6) is 11.5 Å². The van der Waals surface area contributed by atoms with Crippen LogP contribution in [-0.2, 0) is 27.2 Å². The zero-order chi connectivity index (χ0) is 35.4. The van der Waals surface area contributed by atoms with E-state index in [-0.39, 0.29) is 28.5 Å². The second kappa shape index (κ2) is 16.0. The summed E-state index contributed by atoms with van der Waals surface area (Å²) in [6.07, 6.45) is 3.67. The summed E-state index contributed by atoms with van der Waals surface area (Å²) in [6, 6.07) is 17.8. The van der Waals surface area contributed by atoms with Gasteiger partial charge in [-0.05, 0) is 74.3 Å². The number of thiophene rings is 1. The average Bonchev–Trinajstić information content (AvgIpc) is 3.58. The highest BCUT2D eigenvalue weighted by Gasteiger charge is 2.38. The van der Waals surface area contributed by atoms with E-state index < -0.39 is 18.1 Å². The molecule has 13 heteroatoms. The molecule has 10 nitrogen and oxygen atoms in total. The molecule has 0 radical (unpaired) electrons. The van der Waals surface area contributed by atoms with Gasteiger partial charge in [-0.1, -0.05) is 59.6 Å². The Morgan fingerprint density at radius 2 is 1.68 bits per heavy atom. The lowest BCUT2D eigenvalue weighted by molar-refractivity contribution is -0.605. The van der Waals surface area contributed by atoms with E-state index in [2.05, 4.69) is 4.90 Å². The summed E-state index contributed by atoms with van der Waals surface area (Å²) in [7, 11) is 4.94. The van der Waals surface area contributed by atoms with Gasteiger partial charge in [-0.2, -0.15) is 4.73 Å². The molecular formula is C37H39Cl2N3O7S. The van der Waals surface area contributed by atoms with E-state index in [0.29, 0.717) is 44.7 Å². The molecule has 2 aromatic carbocycles. The normalized spacial score (nSPS) is 19.5. The number of carbonyl (C=O) groups excluding carboxylic acids is 2. The van der Waals surface area contributed by atoms with E-state index in [1.54, 1.807) is 24.3 Å². The highest BCUT2D eigenvalue weighted by Crippen LogP contribution is 2.37. The van der Waals surface area contributed by atoms with Crippen LogP contribution in [0.25, 0.3) is 0 Å². The maximum absolute atomic E-state index is 13.8. The molecule has 5 heterocycles. The summed E-state index contributed by atoms with van der Waals surface area (Å²) in [4.78, 5) is 33.0. The largest absolute Gasteiger partial charge is 0.619 e. The number of likely N-dealkylation sites (N-methyl/N-ethyl adjacent to an activating group) is 1. The summed E-state index contributed by atoms with van der Waals surface area (Å²) < 4.78 is 23.7. The van der Waals surface area contributed by atoms with Crippen molar-refractivity contribution in [3.8, 4) is 11.5 Å². The number of rotatable bonds is 13. The lowest BCUT2D eigenvalue weighted by Gasteiger charge is -2.44. The van der Waals surface area contributed by atoms with Crippen molar-refractivity contribution in [2.24, 2.45) is 5.92 Å². The van der Waals surface area contributed by atoms with Gasteiger partial charge < -0.3 is 24.2 Å². The van der Waals surface area contributed by atoms with Crippen LogP contribution >= 0.6 is 34.5 Å². The van der Waals surface area contributed by atoms with Crippen LogP contribution in [0.1, 0.15) is 56.2 Å². The minimum Gasteiger partial charge on any atom is -0.619 e. The van der Waals surface area contributed by atoms with Gasteiger partial charge in [-0.3, -0.25) is 9.80 Å². The molecule has 3 atom stereocenters. The third-order valence-corrected chi connectivity index (χ3v) is 11.1. The van der Waals surface area contributed by atoms with Crippen molar-refractivity contribution in [2.45, 2.75) is 44.1 Å². The molecule has 0 saturated carbocycles. The first-order valence-corrected chi connectivity index (χ1v) is 18.0. The Bertz CT molecular complexity index is 1790. The van der Waals surface area contributed by atoms with Crippen LogP contribution in [0.3, 0.4) is 0 Å². The Morgan fingerprint density at radius 1 is 0.980 bits per heavy atom. The Hall–Kier alpha value is -3.87. The molecule has 7 rings (SSSR count). The summed E-state index contributed by atoms with van der Waals surface area (Å²) in [5.74, 6) is 0.545. The maximum atomic E-state index is 13.8. The number of benzene rings is 2. The summed E-state index contributed by atoms with van der Waals surface area (Å²) in [5.41, 5.74) is 1.92. The van der Waals surface area contributed by atoms with E-state index in [1.165, 1.54) is 38.0 Å². The van der Waals surface area contributed by atoms with Crippen molar-refractivity contribution in [3.63, 3.8) is 0 Å². The fraction of sp³-hybridized carbons (Fsp3) is 0.378. The van der Waals surface area contributed by atoms with Crippen molar-refractivity contribution in [1.29, 1.82) is 0 Å². The minimum atomic E-state index is -0.836. The van der Waals surface area contributed by atoms with Crippen molar-refractivity contribution in [2.75, 3.05) is 40.9 Å². The van der Waals surface area contributed by atoms with E-state index in [4.69, 9.17) is 42.1 Å². The van der Waals surface area contributed by atoms with E-state index in [9.17, 15) is 14.8 Å². The minimum absolute atomic E-state index is 0.0984. The fourth-order valence-corrected chi connectivity index (χ4v) is 8.31. The van der Waals surface area contributed by atoms with Crippen molar-refractivity contribution >= 4 is 46.5 Å². The summed E-state index contributed by atoms with van der Waals surface area (Å²) in [6.45, 7) is 3.31. The number of fused-ring (bicyclic) bond motifs is 3. The highest BCUT2D eigenvalue weighted by atomic mass is 35.5. The van der Waals surface area contributed by atoms with E-state index >= 15 is 0 Å². The molecule has 1 unspecified atom stereocenters. The number of esters is 2. The van der Waals surface area contributed by atoms with Crippen LogP contribution in [0, 0.1) is 11.1 Å². The number of nitrogens with zero attached hydrogens (tertiary/aromatic N) is 3. The third kappa shape index (κ3) is 8.19. The van der Waals surface area contributed by atoms with Gasteiger partial charge in [0.05, 0.1) is 14.2 Å². The first kappa shape index (κ1) is 35.9. The summed E-state index contributed by atoms with van der Waals surface area (Å²) >= 11 is 14.1. The van der Waals surface area contributed by atoms with Crippen molar-refractivity contribution < 1.29 is 33.3 Å². The molecule has 264 valence electrons. The molecule has 50 heavy (non-hydrogen) atoms. The number of carbonyl (C=O) groups is 2. The van der Waals surface area contributed by atoms with Gasteiger partial charge >= 0.3 is 11.9 Å². The zero-order valence-electron chi connectivity index (χ0n) is 28.1. The van der Waals surface area contributed by atoms with Crippen LogP contribution < -0.4 is 14.2 Å². The number of halogens is 2. The molecular weight excluding hydrogens is 701 g/mol. The van der Waals surface area contributed by atoms with Crippen molar-refractivity contribution in [3.05, 3.63) is 115 Å². The van der Waals surface area contributed by atoms with Gasteiger partial charge in [0, 0.05) is 30.0 Å². The number of hydrogen-bond donors (Lipinski definition) is 0. The van der Waals surface area contributed by atoms with Gasteiger partial charge in [0.2, 0.25) is 0 Å². The summed E-state index contributed by atoms with van der Waals surface area (Å²) in [5, 5.41) is 12.2. The maximum Gasteiger partial charge on any atom is 0.348 e. The molecule has 3 saturated heterocycles. The van der Waals surface area contributed by atoms with Crippen LogP contribution in [0.15, 0.2) is 73.1 Å². The van der Waals surface area contributed by atoms with Gasteiger partial charge in [-0.25, -0.2) is 9.59 Å². The van der Waals surface area contributed by atoms with Crippen LogP contribution in [-0.4, -0.2) is 68.7 Å². The standard InChI is InChI=1S/C37H39Cl2N3O7S/c1-40(35(24-7-5-4-6-8-24)37(44)49-33-22-41-15-13-23(33)14-16-41)19-26-10-12-34(50-26)36(43)48-31(18-27-28(38)20-42(45)21-29(27)39)25-9-11-30(46-2)32(17-25)47-3/h4-12,17,20-21,23,31,33,35H,13-16,18-19,22H2,1-3H3/t31-,33-,35?/m0/s1.